The molecule has 30 nitrogen and oxygen atoms in total. The van der Waals surface area contributed by atoms with Gasteiger partial charge in [-0.2, -0.15) is 31.0 Å². The number of methoxy groups -OCH3 is 4. The Labute approximate surface area is 766 Å². The molecule has 0 fully saturated rings. The lowest BCUT2D eigenvalue weighted by Crippen LogP contribution is -2.30. The van der Waals surface area contributed by atoms with Gasteiger partial charge < -0.3 is 46.5 Å². The van der Waals surface area contributed by atoms with Crippen LogP contribution in [-0.2, 0) is 87.1 Å². The second-order valence-electron chi connectivity index (χ2n) is 29.4. The molecule has 15 aromatic rings. The van der Waals surface area contributed by atoms with Gasteiger partial charge in [0.25, 0.3) is 0 Å². The van der Waals surface area contributed by atoms with E-state index in [2.05, 4.69) is 75.2 Å². The molecule has 5 heterocycles. The standard InChI is InChI=1S/C21H21N3O5S.C21H23N3O3S.C20H19N3O2.C18H17N3O3S.C18H17N3O2S/c1-4-24-19-11-15(28-2)7-10-17(19)18(12-22)21(24)14-5-8-16(9-6-14)30(26,27)23-13-20(25)29-3;1-4-12-23-28(25,26)17-9-6-15(7-10-17)21-19(14-22)18-11-8-16(27-3)13-20(18)24(21)5-2;1-3-23-18-8-6-5-7-16(18)17(13-21)19(23)14-9-11-15(12-10-14)22-20(24)25-4-2;1-3-21-17-10-13(24-2)7-8-15(17)16(11-19)18(21)12-5-4-6-14(9-12)25(20,22)23;1-3-21-17-7-5-4-6-15(17)16(12-19)18(21)13-8-10-14(11-9-13)20-24(2,22)23/h5-11,23H,4,13H2,1-3H3;6-11,13,23H,4-5,12H2,1-3H3;5-12H,3-4H2,1-2H3,(H,22,24);4-10H,3H2,1-2H3,(H2,20,22,23);4-11,20H,3H2,1-2H3. The van der Waals surface area contributed by atoms with E-state index in [4.69, 9.17) is 24.1 Å². The Bertz CT molecular complexity index is 7560. The number of hydrogen-bond acceptors (Lipinski definition) is 20. The highest BCUT2D eigenvalue weighted by Crippen LogP contribution is 2.42. The Hall–Kier alpha value is -15.0. The van der Waals surface area contributed by atoms with Crippen molar-refractivity contribution in [2.45, 2.75) is 102 Å². The number of para-hydroxylation sites is 2. The smallest absolute Gasteiger partial charge is 0.411 e. The molecular formula is C98H97N15O15S4. The third-order valence-electron chi connectivity index (χ3n) is 21.5. The predicted molar refractivity (Wildman–Crippen MR) is 512 cm³/mol. The van der Waals surface area contributed by atoms with Crippen LogP contribution in [0.2, 0.25) is 0 Å². The molecule has 0 aliphatic rings. The van der Waals surface area contributed by atoms with Crippen molar-refractivity contribution >= 4 is 118 Å². The maximum Gasteiger partial charge on any atom is 0.411 e. The van der Waals surface area contributed by atoms with Crippen LogP contribution in [0.4, 0.5) is 16.2 Å². The van der Waals surface area contributed by atoms with Gasteiger partial charge in [-0.3, -0.25) is 14.8 Å². The number of carbonyl (C=O) groups is 2. The number of carbonyl (C=O) groups excluding carboxylic acids is 2. The first-order chi connectivity index (χ1) is 63.3. The van der Waals surface area contributed by atoms with Crippen molar-refractivity contribution < 1.29 is 66.9 Å². The van der Waals surface area contributed by atoms with Crippen molar-refractivity contribution in [3.8, 4) is 104 Å². The molecule has 0 atom stereocenters. The Balaban J connectivity index is 0.000000159. The number of aromatic nitrogens is 5. The Kier molecular flexibility index (Phi) is 31.7. The third-order valence-corrected chi connectivity index (χ3v) is 25.9. The molecule has 0 saturated carbocycles. The summed E-state index contributed by atoms with van der Waals surface area (Å²) in [6.07, 6.45) is 1.36. The number of aryl methyl sites for hydroxylation is 5. The van der Waals surface area contributed by atoms with Gasteiger partial charge in [0.2, 0.25) is 40.1 Å². The first-order valence-corrected chi connectivity index (χ1v) is 48.1. The van der Waals surface area contributed by atoms with Crippen LogP contribution in [-0.4, -0.2) is 123 Å². The minimum atomic E-state index is -3.87. The first-order valence-electron chi connectivity index (χ1n) is 41.7. The molecule has 0 bridgehead atoms. The molecule has 678 valence electrons. The number of nitrogens with zero attached hydrogens (tertiary/aromatic N) is 10. The molecule has 10 aromatic carbocycles. The van der Waals surface area contributed by atoms with Crippen LogP contribution >= 0.6 is 0 Å². The lowest BCUT2D eigenvalue weighted by Gasteiger charge is -2.10. The van der Waals surface area contributed by atoms with E-state index in [9.17, 15) is 69.6 Å². The first kappa shape index (κ1) is 97.6. The predicted octanol–water partition coefficient (Wildman–Crippen LogP) is 17.8. The van der Waals surface area contributed by atoms with Gasteiger partial charge >= 0.3 is 12.1 Å². The quantitative estimate of drug-likeness (QED) is 0.0314. The molecule has 0 aliphatic carbocycles. The maximum atomic E-state index is 12.4. The van der Waals surface area contributed by atoms with Crippen LogP contribution in [0.1, 0.15) is 82.7 Å². The molecular weight excluding hydrogens is 1760 g/mol. The number of nitrogens with one attached hydrogen (secondary N) is 4. The lowest BCUT2D eigenvalue weighted by atomic mass is 10.1. The van der Waals surface area contributed by atoms with Crippen molar-refractivity contribution in [3.05, 3.63) is 252 Å². The van der Waals surface area contributed by atoms with Crippen LogP contribution in [0.5, 0.6) is 17.2 Å². The van der Waals surface area contributed by atoms with E-state index < -0.39 is 58.7 Å². The number of nitriles is 5. The van der Waals surface area contributed by atoms with Crippen molar-refractivity contribution in [2.75, 3.05) is 64.4 Å². The average molecular weight is 1850 g/mol. The summed E-state index contributed by atoms with van der Waals surface area (Å²) < 4.78 is 138. The van der Waals surface area contributed by atoms with E-state index >= 15 is 0 Å². The number of benzene rings is 10. The largest absolute Gasteiger partial charge is 0.497 e. The average Bonchev–Trinajstić information content (AvgIpc) is 1.62. The molecule has 0 saturated heterocycles. The number of anilines is 2. The van der Waals surface area contributed by atoms with Crippen LogP contribution in [0.3, 0.4) is 0 Å². The van der Waals surface area contributed by atoms with E-state index in [1.54, 1.807) is 101 Å². The third kappa shape index (κ3) is 21.3. The number of nitrogens with two attached hydrogens (primary N) is 1. The van der Waals surface area contributed by atoms with Gasteiger partial charge in [0.15, 0.2) is 0 Å². The van der Waals surface area contributed by atoms with Crippen molar-refractivity contribution in [2.24, 2.45) is 5.14 Å². The van der Waals surface area contributed by atoms with Crippen molar-refractivity contribution in [1.29, 1.82) is 26.3 Å². The lowest BCUT2D eigenvalue weighted by molar-refractivity contribution is -0.139. The number of sulfonamides is 4. The summed E-state index contributed by atoms with van der Waals surface area (Å²) in [6, 6.07) is 77.5. The molecule has 0 aliphatic heterocycles. The van der Waals surface area contributed by atoms with Gasteiger partial charge in [-0.1, -0.05) is 104 Å². The van der Waals surface area contributed by atoms with Gasteiger partial charge in [-0.05, 0) is 179 Å². The van der Waals surface area contributed by atoms with Crippen LogP contribution < -0.4 is 38.8 Å². The van der Waals surface area contributed by atoms with Gasteiger partial charge in [0.05, 0.1) is 129 Å². The van der Waals surface area contributed by atoms with Crippen molar-refractivity contribution in [3.63, 3.8) is 0 Å². The topological polar surface area (TPSA) is 435 Å². The summed E-state index contributed by atoms with van der Waals surface area (Å²) in [5.41, 5.74) is 16.6. The number of primary sulfonamides is 1. The number of fused-ring (bicyclic) bond motifs is 5. The van der Waals surface area contributed by atoms with Crippen LogP contribution in [0.25, 0.3) is 111 Å². The highest BCUT2D eigenvalue weighted by atomic mass is 32.2. The Morgan fingerprint density at radius 3 is 1.03 bits per heavy atom. The van der Waals surface area contributed by atoms with Crippen LogP contribution in [0.15, 0.2) is 239 Å². The fraction of sp³-hybridized carbons (Fsp3) is 0.214. The molecule has 0 radical (unpaired) electrons. The molecule has 0 unspecified atom stereocenters. The second kappa shape index (κ2) is 42.9. The summed E-state index contributed by atoms with van der Waals surface area (Å²) in [5, 5.41) is 60.9. The number of hydrogen-bond donors (Lipinski definition) is 5. The molecule has 5 aromatic heterocycles. The Morgan fingerprint density at radius 2 is 0.705 bits per heavy atom. The number of rotatable bonds is 26. The number of esters is 1. The highest BCUT2D eigenvalue weighted by Gasteiger charge is 2.27. The fourth-order valence-corrected chi connectivity index (χ4v) is 18.9. The maximum absolute atomic E-state index is 12.4. The van der Waals surface area contributed by atoms with E-state index in [0.29, 0.717) is 106 Å². The number of ether oxygens (including phenoxy) is 5. The summed E-state index contributed by atoms with van der Waals surface area (Å²) in [6.45, 7) is 17.4. The van der Waals surface area contributed by atoms with E-state index in [-0.39, 0.29) is 14.7 Å². The van der Waals surface area contributed by atoms with Gasteiger partial charge in [0, 0.05) is 112 Å². The fourth-order valence-electron chi connectivity index (χ4n) is 15.6. The highest BCUT2D eigenvalue weighted by molar-refractivity contribution is 7.92. The zero-order chi connectivity index (χ0) is 95.5. The molecule has 0 spiro atoms. The molecule has 1 amide bonds. The number of amides is 1. The van der Waals surface area contributed by atoms with Gasteiger partial charge in [-0.15, -0.1) is 0 Å². The SMILES string of the molecule is CCCNS(=O)(=O)c1ccc(-c2c(C#N)c3ccc(OC)cc3n2CC)cc1.CCOC(=O)Nc1ccc(-c2c(C#N)c3ccccc3n2CC)cc1.CCn1c(-c2ccc(NS(C)(=O)=O)cc2)c(C#N)c2ccccc21.CCn1c(-c2ccc(S(=O)(=O)NCC(=O)OC)cc2)c(C#N)c2ccc(OC)cc21.CCn1c(-c2cccc(S(N)(=O)=O)c2)c(C#N)c2ccc(OC)cc21. The van der Waals surface area contributed by atoms with Crippen molar-refractivity contribution in [1.82, 2.24) is 32.3 Å². The van der Waals surface area contributed by atoms with E-state index in [0.717, 1.165) is 120 Å². The van der Waals surface area contributed by atoms with Gasteiger partial charge in [-0.25, -0.2) is 48.3 Å². The molecule has 132 heavy (non-hydrogen) atoms. The minimum absolute atomic E-state index is 0.00879. The monoisotopic (exact) mass is 1850 g/mol. The van der Waals surface area contributed by atoms with E-state index in [1.165, 1.54) is 31.4 Å². The molecule has 34 heteroatoms. The second-order valence-corrected chi connectivity index (χ2v) is 36.2. The van der Waals surface area contributed by atoms with Gasteiger partial charge in [0.1, 0.15) is 54.1 Å². The summed E-state index contributed by atoms with van der Waals surface area (Å²) in [7, 11) is -8.57. The van der Waals surface area contributed by atoms with E-state index in [1.807, 2.05) is 171 Å². The summed E-state index contributed by atoms with van der Waals surface area (Å²) in [4.78, 5) is 22.9. The van der Waals surface area contributed by atoms with Crippen LogP contribution in [0, 0.1) is 56.7 Å². The Morgan fingerprint density at radius 1 is 0.371 bits per heavy atom. The zero-order valence-electron chi connectivity index (χ0n) is 74.5. The summed E-state index contributed by atoms with van der Waals surface area (Å²) in [5.74, 6) is 1.41. The minimum Gasteiger partial charge on any atom is -0.497 e. The molecule has 15 rings (SSSR count). The zero-order valence-corrected chi connectivity index (χ0v) is 77.8. The normalized spacial score (nSPS) is 11.2. The molecule has 6 N–H and O–H groups in total. The summed E-state index contributed by atoms with van der Waals surface area (Å²) >= 11 is 0.